The number of alkyl halides is 2. The van der Waals surface area contributed by atoms with E-state index in [0.29, 0.717) is 79.3 Å². The largest absolute Gasteiger partial charge is 0.496 e. The number of hydrogen-bond donors (Lipinski definition) is 3. The van der Waals surface area contributed by atoms with Crippen molar-refractivity contribution in [3.8, 4) is 5.75 Å². The van der Waals surface area contributed by atoms with Crippen LogP contribution in [0.15, 0.2) is 42.5 Å². The minimum atomic E-state index is -2.98. The summed E-state index contributed by atoms with van der Waals surface area (Å²) >= 11 is 0. The first-order valence-electron chi connectivity index (χ1n) is 22.3. The molecular weight excluding hydrogens is 829 g/mol. The number of nitrogens with zero attached hydrogens (tertiary/aromatic N) is 3. The van der Waals surface area contributed by atoms with Crippen LogP contribution in [0.2, 0.25) is 0 Å². The average Bonchev–Trinajstić information content (AvgIpc) is 3.91. The third kappa shape index (κ3) is 6.03. The van der Waals surface area contributed by atoms with Crippen LogP contribution in [0.3, 0.4) is 0 Å². The number of anilines is 2. The first-order valence-corrected chi connectivity index (χ1v) is 22.3. The highest BCUT2D eigenvalue weighted by atomic mass is 19.3. The van der Waals surface area contributed by atoms with E-state index in [1.54, 1.807) is 13.1 Å². The highest BCUT2D eigenvalue weighted by Crippen LogP contribution is 2.68. The maximum Gasteiger partial charge on any atom is 0.344 e. The molecule has 344 valence electrons. The standard InChI is InChI=1S/C48H59F2N5O9/c1-9-45-14-10-16-55-18-15-46(39(45)55)33-21-34(37(61-6)22-36(33)53(5)40(46)48(60,43(59)63-8)41(45)64-27(3)57)47(42(58)62-7)23-28-19-29(44(4,49)50)25-54(24-28)17-13-31-32-20-30(51-26(2)56)11-12-35(32)52-38(31)47/h10-12,14,20-22,28-29,39-41,52,60H,9,13,15-19,23-25H2,1-8H3,(H,51,56)/t28-,29?,39+,40-,41-,45-,46-,47+,48+/m1/s1. The van der Waals surface area contributed by atoms with Crippen LogP contribution < -0.4 is 15.0 Å². The molecule has 2 unspecified atom stereocenters. The number of carbonyl (C=O) groups excluding carboxylic acids is 4. The molecule has 5 aliphatic heterocycles. The van der Waals surface area contributed by atoms with Gasteiger partial charge in [0.2, 0.25) is 17.4 Å². The predicted molar refractivity (Wildman–Crippen MR) is 234 cm³/mol. The van der Waals surface area contributed by atoms with Gasteiger partial charge in [-0.2, -0.15) is 0 Å². The Morgan fingerprint density at radius 3 is 2.41 bits per heavy atom. The Labute approximate surface area is 371 Å². The normalized spacial score (nSPS) is 34.0. The zero-order chi connectivity index (χ0) is 45.9. The van der Waals surface area contributed by atoms with Gasteiger partial charge >= 0.3 is 17.9 Å². The number of esters is 3. The van der Waals surface area contributed by atoms with E-state index in [4.69, 9.17) is 18.9 Å². The maximum atomic E-state index is 15.5. The number of hydrogen-bond acceptors (Lipinski definition) is 12. The van der Waals surface area contributed by atoms with Crippen LogP contribution >= 0.6 is 0 Å². The number of amides is 1. The summed E-state index contributed by atoms with van der Waals surface area (Å²) in [5.41, 5.74) is -1.68. The number of benzene rings is 2. The molecule has 14 nitrogen and oxygen atoms in total. The highest BCUT2D eigenvalue weighted by Gasteiger charge is 2.80. The van der Waals surface area contributed by atoms with Crippen LogP contribution in [0.4, 0.5) is 20.2 Å². The third-order valence-electron chi connectivity index (χ3n) is 16.0. The van der Waals surface area contributed by atoms with Crippen molar-refractivity contribution in [2.24, 2.45) is 17.3 Å². The van der Waals surface area contributed by atoms with Gasteiger partial charge in [-0.05, 0) is 86.9 Å². The lowest BCUT2D eigenvalue weighted by atomic mass is 9.47. The van der Waals surface area contributed by atoms with E-state index in [2.05, 4.69) is 20.1 Å². The number of fused-ring (bicyclic) bond motifs is 6. The van der Waals surface area contributed by atoms with Crippen LogP contribution in [0.25, 0.3) is 10.9 Å². The first kappa shape index (κ1) is 44.2. The van der Waals surface area contributed by atoms with E-state index in [-0.39, 0.29) is 25.3 Å². The van der Waals surface area contributed by atoms with E-state index < -0.39 is 75.7 Å². The summed E-state index contributed by atoms with van der Waals surface area (Å²) in [4.78, 5) is 65.1. The summed E-state index contributed by atoms with van der Waals surface area (Å²) in [5.74, 6) is -6.48. The lowest BCUT2D eigenvalue weighted by Crippen LogP contribution is -2.81. The minimum absolute atomic E-state index is 0.0837. The SMILES string of the molecule is CC[C@]12C=CCN3CC[C@@]4(c5cc([C@@]6(C(=O)OC)C[C@H]7CC(C(C)(F)F)CN(CCc8c6[nH]c6ccc(NC(C)=O)cc86)C7)c(OC)cc5N(C)[C@H]4[C@@](O)(C(=O)OC)[C@@H]1OC(C)=O)[C@@H]32. The Morgan fingerprint density at radius 1 is 1.00 bits per heavy atom. The number of methoxy groups -OCH3 is 3. The van der Waals surface area contributed by atoms with E-state index in [1.165, 1.54) is 35.2 Å². The van der Waals surface area contributed by atoms with Gasteiger partial charge in [0, 0.05) is 109 Å². The number of ether oxygens (including phenoxy) is 4. The van der Waals surface area contributed by atoms with Gasteiger partial charge in [0.15, 0.2) is 6.10 Å². The molecule has 0 radical (unpaired) electrons. The second-order valence-electron chi connectivity index (χ2n) is 19.2. The molecule has 2 bridgehead atoms. The number of nitrogens with one attached hydrogen (secondary N) is 2. The van der Waals surface area contributed by atoms with Gasteiger partial charge < -0.3 is 44.2 Å². The van der Waals surface area contributed by atoms with Gasteiger partial charge in [0.25, 0.3) is 0 Å². The summed E-state index contributed by atoms with van der Waals surface area (Å²) in [6.07, 6.45) is 4.18. The molecule has 1 aromatic heterocycles. The van der Waals surface area contributed by atoms with Crippen LogP contribution in [0, 0.1) is 17.3 Å². The van der Waals surface area contributed by atoms with Crippen LogP contribution in [-0.4, -0.2) is 135 Å². The summed E-state index contributed by atoms with van der Waals surface area (Å²) in [6.45, 7) is 7.91. The number of aromatic nitrogens is 1. The highest BCUT2D eigenvalue weighted by molar-refractivity contribution is 5.97. The molecule has 3 N–H and O–H groups in total. The molecule has 1 spiro atoms. The number of piperidine rings is 1. The number of H-pyrrole nitrogens is 1. The topological polar surface area (TPSA) is 163 Å². The van der Waals surface area contributed by atoms with Gasteiger partial charge in [-0.3, -0.25) is 19.3 Å². The monoisotopic (exact) mass is 887 g/mol. The number of rotatable bonds is 8. The predicted octanol–water partition coefficient (Wildman–Crippen LogP) is 5.08. The van der Waals surface area contributed by atoms with Gasteiger partial charge in [0.05, 0.1) is 27.4 Å². The molecule has 10 atom stereocenters. The summed E-state index contributed by atoms with van der Waals surface area (Å²) in [7, 11) is 5.86. The molecule has 1 aliphatic carbocycles. The first-order chi connectivity index (χ1) is 30.3. The smallest absolute Gasteiger partial charge is 0.344 e. The van der Waals surface area contributed by atoms with Crippen molar-refractivity contribution in [2.45, 2.75) is 100 Å². The second kappa shape index (κ2) is 15.3. The van der Waals surface area contributed by atoms with Crippen molar-refractivity contribution < 1.29 is 52.0 Å². The second-order valence-corrected chi connectivity index (χ2v) is 19.2. The molecule has 3 aromatic rings. The van der Waals surface area contributed by atoms with E-state index in [0.717, 1.165) is 23.4 Å². The van der Waals surface area contributed by atoms with Crippen molar-refractivity contribution in [2.75, 3.05) is 71.3 Å². The Hall–Kier alpha value is -5.06. The number of aliphatic hydroxyl groups is 1. The van der Waals surface area contributed by atoms with E-state index in [1.807, 2.05) is 48.2 Å². The van der Waals surface area contributed by atoms with E-state index >= 15 is 13.6 Å². The molecule has 64 heavy (non-hydrogen) atoms. The molecule has 1 saturated carbocycles. The Morgan fingerprint density at radius 2 is 1.75 bits per heavy atom. The van der Waals surface area contributed by atoms with Gasteiger partial charge in [-0.15, -0.1) is 0 Å². The van der Waals surface area contributed by atoms with Crippen molar-refractivity contribution >= 4 is 46.1 Å². The van der Waals surface area contributed by atoms with Crippen LogP contribution in [-0.2, 0) is 50.6 Å². The van der Waals surface area contributed by atoms with Crippen molar-refractivity contribution in [3.05, 3.63) is 64.9 Å². The molecule has 9 rings (SSSR count). The number of halogens is 2. The molecule has 6 aliphatic rings. The summed E-state index contributed by atoms with van der Waals surface area (Å²) in [6, 6.07) is 7.93. The number of likely N-dealkylation sites (N-methyl/N-ethyl adjacent to an activating group) is 1. The quantitative estimate of drug-likeness (QED) is 0.157. The van der Waals surface area contributed by atoms with Crippen molar-refractivity contribution in [3.63, 3.8) is 0 Å². The lowest BCUT2D eigenvalue weighted by Gasteiger charge is -2.63. The Bertz CT molecular complexity index is 2470. The molecule has 2 aromatic carbocycles. The zero-order valence-corrected chi connectivity index (χ0v) is 37.8. The van der Waals surface area contributed by atoms with Crippen molar-refractivity contribution in [1.82, 2.24) is 14.8 Å². The minimum Gasteiger partial charge on any atom is -0.496 e. The third-order valence-corrected chi connectivity index (χ3v) is 16.0. The molecule has 6 heterocycles. The van der Waals surface area contributed by atoms with Gasteiger partial charge in [-0.1, -0.05) is 19.1 Å². The van der Waals surface area contributed by atoms with Gasteiger partial charge in [-0.25, -0.2) is 13.6 Å². The Balaban J connectivity index is 1.36. The lowest BCUT2D eigenvalue weighted by molar-refractivity contribution is -0.228. The number of carbonyl (C=O) groups is 4. The molecular formula is C48H59F2N5O9. The fraction of sp³-hybridized carbons (Fsp3) is 0.583. The fourth-order valence-corrected chi connectivity index (χ4v) is 13.8. The van der Waals surface area contributed by atoms with E-state index in [9.17, 15) is 19.5 Å². The van der Waals surface area contributed by atoms with Gasteiger partial charge in [0.1, 0.15) is 11.2 Å². The molecule has 2 saturated heterocycles. The zero-order valence-electron chi connectivity index (χ0n) is 37.8. The van der Waals surface area contributed by atoms with Crippen LogP contribution in [0.5, 0.6) is 5.75 Å². The molecule has 1 amide bonds. The van der Waals surface area contributed by atoms with Crippen molar-refractivity contribution in [1.29, 1.82) is 0 Å². The Kier molecular flexibility index (Phi) is 10.5. The average molecular weight is 888 g/mol. The van der Waals surface area contributed by atoms with Crippen LogP contribution in [0.1, 0.15) is 75.8 Å². The molecule has 3 fully saturated rings. The molecule has 16 heteroatoms. The number of aromatic amines is 1. The summed E-state index contributed by atoms with van der Waals surface area (Å²) in [5, 5.41) is 17.0. The fourth-order valence-electron chi connectivity index (χ4n) is 13.8. The summed E-state index contributed by atoms with van der Waals surface area (Å²) < 4.78 is 54.7. The maximum absolute atomic E-state index is 15.5.